The molecule has 4 heteroatoms. The first-order valence-electron chi connectivity index (χ1n) is 5.87. The molecule has 0 fully saturated rings. The highest BCUT2D eigenvalue weighted by atomic mass is 16.5. The highest BCUT2D eigenvalue weighted by molar-refractivity contribution is 5.35. The number of hydrogen-bond donors (Lipinski definition) is 1. The normalized spacial score (nSPS) is 14.5. The van der Waals surface area contributed by atoms with Gasteiger partial charge in [0.2, 0.25) is 0 Å². The maximum atomic E-state index is 10.5. The first-order chi connectivity index (χ1) is 8.50. The van der Waals surface area contributed by atoms with E-state index in [4.69, 9.17) is 9.15 Å². The molecule has 0 saturated heterocycles. The van der Waals surface area contributed by atoms with Crippen LogP contribution >= 0.6 is 0 Å². The van der Waals surface area contributed by atoms with Crippen molar-refractivity contribution in [3.05, 3.63) is 48.2 Å². The smallest absolute Gasteiger partial charge is 0.138 e. The molecule has 1 N–H and O–H groups in total. The monoisotopic (exact) mass is 247 g/mol. The van der Waals surface area contributed by atoms with Crippen molar-refractivity contribution < 1.29 is 14.3 Å². The molecule has 2 heterocycles. The molecule has 1 unspecified atom stereocenters. The van der Waals surface area contributed by atoms with Crippen LogP contribution in [0.15, 0.2) is 41.5 Å². The van der Waals surface area contributed by atoms with Crippen molar-refractivity contribution in [2.24, 2.45) is 0 Å². The average molecular weight is 247 g/mol. The zero-order chi connectivity index (χ0) is 13.2. The molecular formula is C14H17NO3. The number of hydrogen-bond acceptors (Lipinski definition) is 4. The number of aliphatic hydroxyl groups is 1. The maximum absolute atomic E-state index is 10.5. The fourth-order valence-electron chi connectivity index (χ4n) is 1.73. The molecule has 0 radical (unpaired) electrons. The third-order valence-electron chi connectivity index (χ3n) is 2.73. The number of aromatic nitrogens is 1. The Kier molecular flexibility index (Phi) is 3.39. The van der Waals surface area contributed by atoms with Gasteiger partial charge in [0, 0.05) is 17.3 Å². The van der Waals surface area contributed by atoms with E-state index in [1.54, 1.807) is 31.5 Å². The molecule has 0 aliphatic carbocycles. The summed E-state index contributed by atoms with van der Waals surface area (Å²) in [6.45, 7) is 5.59. The summed E-state index contributed by atoms with van der Waals surface area (Å²) in [5, 5.41) is 10.5. The Morgan fingerprint density at radius 3 is 2.72 bits per heavy atom. The van der Waals surface area contributed by atoms with E-state index < -0.39 is 5.60 Å². The lowest BCUT2D eigenvalue weighted by atomic mass is 9.91. The van der Waals surface area contributed by atoms with Gasteiger partial charge in [0.1, 0.15) is 11.4 Å². The van der Waals surface area contributed by atoms with E-state index in [1.807, 2.05) is 13.8 Å². The van der Waals surface area contributed by atoms with Crippen molar-refractivity contribution in [1.29, 1.82) is 0 Å². The first-order valence-corrected chi connectivity index (χ1v) is 5.87. The van der Waals surface area contributed by atoms with Crippen LogP contribution in [0.25, 0.3) is 0 Å². The van der Waals surface area contributed by atoms with Crippen molar-refractivity contribution in [2.45, 2.75) is 32.5 Å². The molecule has 2 aromatic rings. The zero-order valence-electron chi connectivity index (χ0n) is 10.8. The number of ether oxygens (including phenoxy) is 1. The van der Waals surface area contributed by atoms with Crippen molar-refractivity contribution >= 4 is 0 Å². The molecule has 2 aromatic heterocycles. The number of pyridine rings is 1. The van der Waals surface area contributed by atoms with Crippen LogP contribution in [0, 0.1) is 0 Å². The standard InChI is InChI=1S/C14H17NO3/c1-10(2)18-13-6-12(7-15-8-13)14(3,16)11-4-5-17-9-11/h4-10,16H,1-3H3. The van der Waals surface area contributed by atoms with Gasteiger partial charge in [0.25, 0.3) is 0 Å². The van der Waals surface area contributed by atoms with Gasteiger partial charge in [-0.3, -0.25) is 4.98 Å². The average Bonchev–Trinajstić information content (AvgIpc) is 2.82. The molecule has 18 heavy (non-hydrogen) atoms. The second kappa shape index (κ2) is 4.82. The van der Waals surface area contributed by atoms with Gasteiger partial charge in [0.15, 0.2) is 0 Å². The minimum absolute atomic E-state index is 0.0703. The topological polar surface area (TPSA) is 55.5 Å². The largest absolute Gasteiger partial charge is 0.489 e. The van der Waals surface area contributed by atoms with E-state index in [-0.39, 0.29) is 6.10 Å². The van der Waals surface area contributed by atoms with Gasteiger partial charge >= 0.3 is 0 Å². The first kappa shape index (κ1) is 12.6. The minimum Gasteiger partial charge on any atom is -0.489 e. The molecule has 0 aliphatic heterocycles. The van der Waals surface area contributed by atoms with Crippen LogP contribution in [0.1, 0.15) is 31.9 Å². The second-order valence-electron chi connectivity index (χ2n) is 4.66. The molecule has 0 saturated carbocycles. The molecule has 4 nitrogen and oxygen atoms in total. The third kappa shape index (κ3) is 2.54. The van der Waals surface area contributed by atoms with Gasteiger partial charge in [-0.25, -0.2) is 0 Å². The Morgan fingerprint density at radius 1 is 1.33 bits per heavy atom. The van der Waals surface area contributed by atoms with Crippen molar-refractivity contribution in [3.8, 4) is 5.75 Å². The lowest BCUT2D eigenvalue weighted by Crippen LogP contribution is -2.22. The second-order valence-corrected chi connectivity index (χ2v) is 4.66. The molecule has 96 valence electrons. The van der Waals surface area contributed by atoms with Crippen LogP contribution < -0.4 is 4.74 Å². The van der Waals surface area contributed by atoms with E-state index in [0.717, 1.165) is 0 Å². The molecule has 2 rings (SSSR count). The molecule has 0 amide bonds. The van der Waals surface area contributed by atoms with Crippen molar-refractivity contribution in [1.82, 2.24) is 4.98 Å². The molecule has 0 aliphatic rings. The summed E-state index contributed by atoms with van der Waals surface area (Å²) in [4.78, 5) is 4.10. The number of rotatable bonds is 4. The van der Waals surface area contributed by atoms with Gasteiger partial charge in [-0.15, -0.1) is 0 Å². The van der Waals surface area contributed by atoms with Gasteiger partial charge in [-0.2, -0.15) is 0 Å². The fourth-order valence-corrected chi connectivity index (χ4v) is 1.73. The molecule has 0 bridgehead atoms. The molecule has 0 spiro atoms. The SMILES string of the molecule is CC(C)Oc1cncc(C(C)(O)c2ccoc2)c1. The zero-order valence-corrected chi connectivity index (χ0v) is 10.8. The van der Waals surface area contributed by atoms with Crippen LogP contribution in [0.2, 0.25) is 0 Å². The quantitative estimate of drug-likeness (QED) is 0.902. The lowest BCUT2D eigenvalue weighted by molar-refractivity contribution is 0.100. The van der Waals surface area contributed by atoms with Gasteiger partial charge in [-0.1, -0.05) is 0 Å². The van der Waals surface area contributed by atoms with Gasteiger partial charge < -0.3 is 14.3 Å². The molecular weight excluding hydrogens is 230 g/mol. The van der Waals surface area contributed by atoms with Gasteiger partial charge in [0.05, 0.1) is 24.8 Å². The summed E-state index contributed by atoms with van der Waals surface area (Å²) >= 11 is 0. The van der Waals surface area contributed by atoms with E-state index >= 15 is 0 Å². The van der Waals surface area contributed by atoms with Crippen LogP contribution in [0.5, 0.6) is 5.75 Å². The summed E-state index contributed by atoms with van der Waals surface area (Å²) in [6, 6.07) is 3.52. The van der Waals surface area contributed by atoms with Crippen LogP contribution in [0.4, 0.5) is 0 Å². The van der Waals surface area contributed by atoms with E-state index in [0.29, 0.717) is 16.9 Å². The Morgan fingerprint density at radius 2 is 2.11 bits per heavy atom. The van der Waals surface area contributed by atoms with Crippen molar-refractivity contribution in [3.63, 3.8) is 0 Å². The van der Waals surface area contributed by atoms with Crippen LogP contribution in [-0.4, -0.2) is 16.2 Å². The summed E-state index contributed by atoms with van der Waals surface area (Å²) < 4.78 is 10.6. The number of nitrogens with zero attached hydrogens (tertiary/aromatic N) is 1. The summed E-state index contributed by atoms with van der Waals surface area (Å²) in [5.74, 6) is 0.645. The van der Waals surface area contributed by atoms with Crippen LogP contribution in [0.3, 0.4) is 0 Å². The summed E-state index contributed by atoms with van der Waals surface area (Å²) in [7, 11) is 0. The molecule has 0 aromatic carbocycles. The Bertz CT molecular complexity index is 504. The third-order valence-corrected chi connectivity index (χ3v) is 2.73. The van der Waals surface area contributed by atoms with E-state index in [1.165, 1.54) is 12.5 Å². The van der Waals surface area contributed by atoms with E-state index in [2.05, 4.69) is 4.98 Å². The predicted octanol–water partition coefficient (Wildman–Crippen LogP) is 2.72. The highest BCUT2D eigenvalue weighted by Gasteiger charge is 2.27. The molecule has 1 atom stereocenters. The predicted molar refractivity (Wildman–Crippen MR) is 67.4 cm³/mol. The highest BCUT2D eigenvalue weighted by Crippen LogP contribution is 2.30. The summed E-state index contributed by atoms with van der Waals surface area (Å²) in [5.41, 5.74) is 0.212. The Hall–Kier alpha value is -1.81. The minimum atomic E-state index is -1.14. The van der Waals surface area contributed by atoms with Crippen LogP contribution in [-0.2, 0) is 5.60 Å². The maximum Gasteiger partial charge on any atom is 0.138 e. The Balaban J connectivity index is 2.33. The fraction of sp³-hybridized carbons (Fsp3) is 0.357. The Labute approximate surface area is 106 Å². The lowest BCUT2D eigenvalue weighted by Gasteiger charge is -2.22. The van der Waals surface area contributed by atoms with Gasteiger partial charge in [-0.05, 0) is 32.9 Å². The van der Waals surface area contributed by atoms with Crippen molar-refractivity contribution in [2.75, 3.05) is 0 Å². The number of furan rings is 1. The van der Waals surface area contributed by atoms with E-state index in [9.17, 15) is 5.11 Å². The summed E-state index contributed by atoms with van der Waals surface area (Å²) in [6.07, 6.45) is 6.39.